The second kappa shape index (κ2) is 23.6. The molecule has 0 spiro atoms. The smallest absolute Gasteiger partial charge is 0.276 e. The molecule has 0 radical (unpaired) electrons. The second-order valence-corrected chi connectivity index (χ2v) is 8.30. The minimum atomic E-state index is -0.447. The molecule has 0 aromatic carbocycles. The molecule has 0 saturated carbocycles. The molecule has 0 aliphatic heterocycles. The standard InChI is InChI=1S/C30H42N4O3.CH4/c1-3-4-5-6-7-8-9-10-11-12-13-14-15-16-17-18-19-20-21-22-29(35)31-23-24-32-30(36)28-26-34(37)27(2)25-33-28;/h4-5,7-8,10-11,13-14,16-17,19-20,25-26H,3,6,9,12,15,18,21-24H2,1-2H3,(H,31,35)(H,32,36);1H4/b5-4-,8-7-,11-10-,14-13-,17-16-,20-19-;. The van der Waals surface area contributed by atoms with Gasteiger partial charge in [0.15, 0.2) is 5.69 Å². The Labute approximate surface area is 229 Å². The lowest BCUT2D eigenvalue weighted by Gasteiger charge is -2.06. The summed E-state index contributed by atoms with van der Waals surface area (Å²) in [5.74, 6) is -0.517. The zero-order chi connectivity index (χ0) is 27.0. The SMILES string of the molecule is C.CC/C=C\C/C=C\C/C=C\C/C=C\C/C=C\C/C=C\CCC(=O)NCCNC(=O)c1c[n+]([O-])c(C)cn1. The van der Waals surface area contributed by atoms with Crippen LogP contribution in [-0.2, 0) is 4.79 Å². The number of carbonyl (C=O) groups is 2. The van der Waals surface area contributed by atoms with E-state index in [1.54, 1.807) is 6.92 Å². The van der Waals surface area contributed by atoms with E-state index in [1.807, 2.05) is 6.08 Å². The maximum Gasteiger partial charge on any atom is 0.276 e. The zero-order valence-corrected chi connectivity index (χ0v) is 22.3. The van der Waals surface area contributed by atoms with Crippen molar-refractivity contribution in [2.24, 2.45) is 0 Å². The van der Waals surface area contributed by atoms with Crippen molar-refractivity contribution >= 4 is 11.8 Å². The minimum Gasteiger partial charge on any atom is -0.618 e. The van der Waals surface area contributed by atoms with Gasteiger partial charge in [-0.25, -0.2) is 4.98 Å². The van der Waals surface area contributed by atoms with Crippen molar-refractivity contribution in [3.8, 4) is 0 Å². The molecule has 0 atom stereocenters. The third-order valence-corrected chi connectivity index (χ3v) is 5.08. The summed E-state index contributed by atoms with van der Waals surface area (Å²) in [5, 5.41) is 16.9. The molecule has 0 bridgehead atoms. The van der Waals surface area contributed by atoms with Crippen LogP contribution in [0, 0.1) is 12.1 Å². The summed E-state index contributed by atoms with van der Waals surface area (Å²) >= 11 is 0. The van der Waals surface area contributed by atoms with Gasteiger partial charge < -0.3 is 15.8 Å². The van der Waals surface area contributed by atoms with Crippen molar-refractivity contribution < 1.29 is 14.3 Å². The number of aryl methyl sites for hydroxylation is 1. The van der Waals surface area contributed by atoms with Gasteiger partial charge in [0.2, 0.25) is 17.8 Å². The molecular formula is C31H46N4O3. The Morgan fingerprint density at radius 3 is 1.79 bits per heavy atom. The van der Waals surface area contributed by atoms with E-state index in [2.05, 4.69) is 89.4 Å². The Morgan fingerprint density at radius 2 is 1.29 bits per heavy atom. The highest BCUT2D eigenvalue weighted by atomic mass is 16.5. The maximum absolute atomic E-state index is 12.0. The van der Waals surface area contributed by atoms with Gasteiger partial charge in [0.05, 0.1) is 6.20 Å². The Balaban J connectivity index is 0.0000137. The average Bonchev–Trinajstić information content (AvgIpc) is 2.89. The monoisotopic (exact) mass is 522 g/mol. The van der Waals surface area contributed by atoms with Gasteiger partial charge >= 0.3 is 0 Å². The third-order valence-electron chi connectivity index (χ3n) is 5.08. The van der Waals surface area contributed by atoms with Crippen molar-refractivity contribution in [3.63, 3.8) is 0 Å². The van der Waals surface area contributed by atoms with Gasteiger partial charge in [-0.1, -0.05) is 87.3 Å². The average molecular weight is 523 g/mol. The molecule has 1 rings (SSSR count). The van der Waals surface area contributed by atoms with Crippen molar-refractivity contribution in [1.29, 1.82) is 0 Å². The van der Waals surface area contributed by atoms with Gasteiger partial charge in [-0.2, -0.15) is 4.73 Å². The van der Waals surface area contributed by atoms with Gasteiger partial charge in [-0.3, -0.25) is 9.59 Å². The van der Waals surface area contributed by atoms with Crippen LogP contribution >= 0.6 is 0 Å². The van der Waals surface area contributed by atoms with Crippen LogP contribution in [0.3, 0.4) is 0 Å². The predicted molar refractivity (Wildman–Crippen MR) is 157 cm³/mol. The fourth-order valence-corrected chi connectivity index (χ4v) is 2.99. The first-order valence-electron chi connectivity index (χ1n) is 13.0. The van der Waals surface area contributed by atoms with E-state index >= 15 is 0 Å². The van der Waals surface area contributed by atoms with E-state index in [0.29, 0.717) is 29.8 Å². The Kier molecular flexibility index (Phi) is 21.3. The van der Waals surface area contributed by atoms with Crippen LogP contribution in [0.4, 0.5) is 0 Å². The largest absolute Gasteiger partial charge is 0.618 e. The molecule has 1 aromatic heterocycles. The fourth-order valence-electron chi connectivity index (χ4n) is 2.99. The Hall–Kier alpha value is -3.74. The van der Waals surface area contributed by atoms with Crippen LogP contribution in [0.15, 0.2) is 85.3 Å². The Bertz CT molecular complexity index is 975. The number of carbonyl (C=O) groups excluding carboxylic acids is 2. The van der Waals surface area contributed by atoms with E-state index in [4.69, 9.17) is 0 Å². The van der Waals surface area contributed by atoms with Gasteiger partial charge in [0.1, 0.15) is 0 Å². The number of nitrogens with zero attached hydrogens (tertiary/aromatic N) is 2. The number of nitrogens with one attached hydrogen (secondary N) is 2. The third kappa shape index (κ3) is 18.5. The molecule has 0 saturated heterocycles. The van der Waals surface area contributed by atoms with Gasteiger partial charge in [0.25, 0.3) is 5.91 Å². The van der Waals surface area contributed by atoms with E-state index in [1.165, 1.54) is 6.20 Å². The van der Waals surface area contributed by atoms with Crippen LogP contribution in [0.5, 0.6) is 0 Å². The molecule has 1 heterocycles. The molecular weight excluding hydrogens is 476 g/mol. The van der Waals surface area contributed by atoms with E-state index < -0.39 is 5.91 Å². The number of hydrogen-bond acceptors (Lipinski definition) is 4. The summed E-state index contributed by atoms with van der Waals surface area (Å²) in [4.78, 5) is 27.7. The lowest BCUT2D eigenvalue weighted by Crippen LogP contribution is -2.37. The molecule has 0 unspecified atom stereocenters. The normalized spacial score (nSPS) is 11.9. The van der Waals surface area contributed by atoms with E-state index in [0.717, 1.165) is 44.7 Å². The number of allylic oxidation sites excluding steroid dienone is 12. The van der Waals surface area contributed by atoms with Crippen LogP contribution < -0.4 is 15.4 Å². The van der Waals surface area contributed by atoms with Crippen LogP contribution in [-0.4, -0.2) is 29.9 Å². The summed E-state index contributed by atoms with van der Waals surface area (Å²) < 4.78 is 0.596. The summed E-state index contributed by atoms with van der Waals surface area (Å²) in [5.41, 5.74) is 0.459. The molecule has 208 valence electrons. The fraction of sp³-hybridized carbons (Fsp3) is 0.419. The van der Waals surface area contributed by atoms with Crippen molar-refractivity contribution in [2.75, 3.05) is 13.1 Å². The molecule has 1 aromatic rings. The first-order valence-corrected chi connectivity index (χ1v) is 13.0. The van der Waals surface area contributed by atoms with Gasteiger partial charge in [0, 0.05) is 26.4 Å². The number of hydrogen-bond donors (Lipinski definition) is 2. The van der Waals surface area contributed by atoms with Crippen LogP contribution in [0.25, 0.3) is 0 Å². The molecule has 38 heavy (non-hydrogen) atoms. The summed E-state index contributed by atoms with van der Waals surface area (Å²) in [6.45, 7) is 4.33. The van der Waals surface area contributed by atoms with Gasteiger partial charge in [-0.15, -0.1) is 0 Å². The highest BCUT2D eigenvalue weighted by Gasteiger charge is 2.11. The molecule has 2 N–H and O–H groups in total. The molecule has 0 aliphatic carbocycles. The molecule has 2 amide bonds. The van der Waals surface area contributed by atoms with Crippen molar-refractivity contribution in [1.82, 2.24) is 15.6 Å². The van der Waals surface area contributed by atoms with Crippen molar-refractivity contribution in [3.05, 3.63) is 102 Å². The molecule has 7 heteroatoms. The summed E-state index contributed by atoms with van der Waals surface area (Å²) in [6, 6.07) is 0. The number of aromatic nitrogens is 2. The first-order chi connectivity index (χ1) is 18.0. The minimum absolute atomic E-state index is 0. The van der Waals surface area contributed by atoms with Gasteiger partial charge in [-0.05, 0) is 44.9 Å². The topological polar surface area (TPSA) is 98.0 Å². The molecule has 7 nitrogen and oxygen atoms in total. The number of rotatable bonds is 18. The Morgan fingerprint density at radius 1 is 0.816 bits per heavy atom. The van der Waals surface area contributed by atoms with Crippen LogP contribution in [0.1, 0.15) is 81.9 Å². The quantitative estimate of drug-likeness (QED) is 0.107. The second-order valence-electron chi connectivity index (χ2n) is 8.30. The lowest BCUT2D eigenvalue weighted by molar-refractivity contribution is -0.613. The van der Waals surface area contributed by atoms with Crippen molar-refractivity contribution in [2.45, 2.75) is 72.6 Å². The number of amides is 2. The van der Waals surface area contributed by atoms with E-state index in [9.17, 15) is 14.8 Å². The highest BCUT2D eigenvalue weighted by Crippen LogP contribution is 1.98. The first kappa shape index (κ1) is 34.3. The highest BCUT2D eigenvalue weighted by molar-refractivity contribution is 5.91. The zero-order valence-electron chi connectivity index (χ0n) is 22.3. The summed E-state index contributed by atoms with van der Waals surface area (Å²) in [7, 11) is 0. The van der Waals surface area contributed by atoms with E-state index in [-0.39, 0.29) is 25.6 Å². The predicted octanol–water partition coefficient (Wildman–Crippen LogP) is 5.98. The lowest BCUT2D eigenvalue weighted by atomic mass is 10.2. The maximum atomic E-state index is 12.0. The molecule has 0 aliphatic rings. The molecule has 0 fully saturated rings. The van der Waals surface area contributed by atoms with Crippen LogP contribution in [0.2, 0.25) is 0 Å². The summed E-state index contributed by atoms with van der Waals surface area (Å²) in [6.07, 6.45) is 35.2.